The van der Waals surface area contributed by atoms with E-state index in [1.54, 1.807) is 17.8 Å². The Bertz CT molecular complexity index is 335. The maximum Gasteiger partial charge on any atom is 0.372 e. The molecule has 0 aliphatic heterocycles. The average Bonchev–Trinajstić information content (AvgIpc) is 2.31. The number of aliphatic carboxylic acids is 1. The fraction of sp³-hybridized carbons (Fsp3) is 0.375. The molecule has 0 unspecified atom stereocenters. The maximum atomic E-state index is 10.8. The number of nitrogens with zero attached hydrogens (tertiary/aromatic N) is 2. The van der Waals surface area contributed by atoms with E-state index in [4.69, 9.17) is 5.11 Å². The highest BCUT2D eigenvalue weighted by atomic mass is 16.4. The number of carboxylic acid groups (broad SMARTS) is 1. The molecule has 1 aromatic heterocycles. The molecule has 1 heterocycles. The first kappa shape index (κ1) is 9.44. The molecule has 0 spiro atoms. The van der Waals surface area contributed by atoms with Crippen LogP contribution in [0, 0.1) is 6.92 Å². The van der Waals surface area contributed by atoms with Gasteiger partial charge in [-0.3, -0.25) is 9.48 Å². The van der Waals surface area contributed by atoms with Crippen molar-refractivity contribution in [1.29, 1.82) is 0 Å². The van der Waals surface area contributed by atoms with Gasteiger partial charge < -0.3 is 5.11 Å². The lowest BCUT2D eigenvalue weighted by Crippen LogP contribution is -2.15. The van der Waals surface area contributed by atoms with Gasteiger partial charge in [0.15, 0.2) is 0 Å². The van der Waals surface area contributed by atoms with Crippen molar-refractivity contribution in [3.8, 4) is 0 Å². The fourth-order valence-electron chi connectivity index (χ4n) is 0.961. The third-order valence-corrected chi connectivity index (χ3v) is 1.74. The molecule has 0 fully saturated rings. The van der Waals surface area contributed by atoms with Gasteiger partial charge in [0.25, 0.3) is 0 Å². The van der Waals surface area contributed by atoms with Crippen molar-refractivity contribution in [2.45, 2.75) is 13.3 Å². The zero-order valence-electron chi connectivity index (χ0n) is 7.44. The van der Waals surface area contributed by atoms with E-state index >= 15 is 0 Å². The molecule has 0 radical (unpaired) electrons. The quantitative estimate of drug-likeness (QED) is 0.664. The number of carbonyl (C=O) groups is 2. The standard InChI is InChI=1S/C8H10N2O3/c1-5-3-6(9-10(5)2)4-7(11)8(12)13/h3H,4H2,1-2H3,(H,12,13). The van der Waals surface area contributed by atoms with Crippen molar-refractivity contribution < 1.29 is 14.7 Å². The fourth-order valence-corrected chi connectivity index (χ4v) is 0.961. The summed E-state index contributed by atoms with van der Waals surface area (Å²) in [5, 5.41) is 12.3. The monoisotopic (exact) mass is 182 g/mol. The minimum absolute atomic E-state index is 0.142. The largest absolute Gasteiger partial charge is 0.475 e. The highest BCUT2D eigenvalue weighted by Crippen LogP contribution is 2.02. The normalized spacial score (nSPS) is 10.0. The summed E-state index contributed by atoms with van der Waals surface area (Å²) < 4.78 is 1.60. The van der Waals surface area contributed by atoms with Gasteiger partial charge in [-0.2, -0.15) is 5.10 Å². The molecule has 1 N–H and O–H groups in total. The van der Waals surface area contributed by atoms with E-state index in [2.05, 4.69) is 5.10 Å². The van der Waals surface area contributed by atoms with Crippen LogP contribution in [-0.4, -0.2) is 26.6 Å². The molecule has 5 heteroatoms. The van der Waals surface area contributed by atoms with Crippen LogP contribution in [0.4, 0.5) is 0 Å². The van der Waals surface area contributed by atoms with Crippen molar-refractivity contribution >= 4 is 11.8 Å². The lowest BCUT2D eigenvalue weighted by Gasteiger charge is -1.90. The summed E-state index contributed by atoms with van der Waals surface area (Å²) in [7, 11) is 1.74. The molecule has 0 bridgehead atoms. The Hall–Kier alpha value is -1.65. The van der Waals surface area contributed by atoms with Crippen molar-refractivity contribution in [2.24, 2.45) is 7.05 Å². The lowest BCUT2D eigenvalue weighted by atomic mass is 10.2. The van der Waals surface area contributed by atoms with E-state index in [0.717, 1.165) is 5.69 Å². The number of hydrogen-bond acceptors (Lipinski definition) is 3. The molecule has 0 amide bonds. The highest BCUT2D eigenvalue weighted by Gasteiger charge is 2.14. The van der Waals surface area contributed by atoms with Crippen LogP contribution in [0.5, 0.6) is 0 Å². The number of aryl methyl sites for hydroxylation is 2. The number of carbonyl (C=O) groups excluding carboxylic acids is 1. The molecular weight excluding hydrogens is 172 g/mol. The summed E-state index contributed by atoms with van der Waals surface area (Å²) >= 11 is 0. The smallest absolute Gasteiger partial charge is 0.372 e. The Morgan fingerprint density at radius 1 is 1.62 bits per heavy atom. The maximum absolute atomic E-state index is 10.8. The second-order valence-corrected chi connectivity index (χ2v) is 2.81. The van der Waals surface area contributed by atoms with Gasteiger partial charge in [0, 0.05) is 12.7 Å². The number of aromatic nitrogens is 2. The Kier molecular flexibility index (Phi) is 2.46. The molecule has 0 aromatic carbocycles. The second kappa shape index (κ2) is 3.38. The average molecular weight is 182 g/mol. The predicted molar refractivity (Wildman–Crippen MR) is 44.3 cm³/mol. The van der Waals surface area contributed by atoms with Gasteiger partial charge in [0.05, 0.1) is 12.1 Å². The molecule has 0 aliphatic carbocycles. The first-order chi connectivity index (χ1) is 6.00. The van der Waals surface area contributed by atoms with Crippen LogP contribution in [0.15, 0.2) is 6.07 Å². The summed E-state index contributed by atoms with van der Waals surface area (Å²) in [5.74, 6) is -2.25. The number of carboxylic acids is 1. The summed E-state index contributed by atoms with van der Waals surface area (Å²) in [5.41, 5.74) is 1.39. The van der Waals surface area contributed by atoms with Gasteiger partial charge in [0.2, 0.25) is 5.78 Å². The molecule has 0 saturated carbocycles. The van der Waals surface area contributed by atoms with E-state index in [0.29, 0.717) is 5.69 Å². The van der Waals surface area contributed by atoms with Crippen LogP contribution < -0.4 is 0 Å². The van der Waals surface area contributed by atoms with E-state index in [1.165, 1.54) is 0 Å². The summed E-state index contributed by atoms with van der Waals surface area (Å²) in [4.78, 5) is 21.0. The van der Waals surface area contributed by atoms with E-state index < -0.39 is 11.8 Å². The number of Topliss-reactive ketones (excluding diaryl/α,β-unsaturated/α-hetero) is 1. The Labute approximate surface area is 75.0 Å². The molecule has 1 aromatic rings. The van der Waals surface area contributed by atoms with E-state index in [1.807, 2.05) is 6.92 Å². The van der Waals surface area contributed by atoms with Gasteiger partial charge in [-0.05, 0) is 13.0 Å². The highest BCUT2D eigenvalue weighted by molar-refractivity contribution is 6.33. The van der Waals surface area contributed by atoms with Crippen LogP contribution in [0.2, 0.25) is 0 Å². The first-order valence-corrected chi connectivity index (χ1v) is 3.76. The minimum atomic E-state index is -1.41. The van der Waals surface area contributed by atoms with Crippen LogP contribution in [0.3, 0.4) is 0 Å². The SMILES string of the molecule is Cc1cc(CC(=O)C(=O)O)nn1C. The zero-order valence-corrected chi connectivity index (χ0v) is 7.44. The first-order valence-electron chi connectivity index (χ1n) is 3.76. The van der Waals surface area contributed by atoms with Crippen molar-refractivity contribution in [1.82, 2.24) is 9.78 Å². The van der Waals surface area contributed by atoms with Crippen LogP contribution in [0.1, 0.15) is 11.4 Å². The zero-order chi connectivity index (χ0) is 10.0. The van der Waals surface area contributed by atoms with Crippen molar-refractivity contribution in [3.63, 3.8) is 0 Å². The molecule has 0 aliphatic rings. The molecule has 1 rings (SSSR count). The predicted octanol–water partition coefficient (Wildman–Crippen LogP) is -0.0753. The number of rotatable bonds is 3. The van der Waals surface area contributed by atoms with Crippen LogP contribution in [0.25, 0.3) is 0 Å². The molecule has 70 valence electrons. The summed E-state index contributed by atoms with van der Waals surface area (Å²) in [6, 6.07) is 1.70. The van der Waals surface area contributed by atoms with Gasteiger partial charge in [-0.15, -0.1) is 0 Å². The minimum Gasteiger partial charge on any atom is -0.475 e. The third kappa shape index (κ3) is 2.14. The lowest BCUT2D eigenvalue weighted by molar-refractivity contribution is -0.148. The van der Waals surface area contributed by atoms with Gasteiger partial charge >= 0.3 is 5.97 Å². The molecule has 0 saturated heterocycles. The van der Waals surface area contributed by atoms with Crippen molar-refractivity contribution in [2.75, 3.05) is 0 Å². The number of hydrogen-bond donors (Lipinski definition) is 1. The van der Waals surface area contributed by atoms with Gasteiger partial charge in [-0.25, -0.2) is 4.79 Å². The summed E-state index contributed by atoms with van der Waals surface area (Å²) in [6.07, 6.45) is -0.142. The molecular formula is C8H10N2O3. The topological polar surface area (TPSA) is 72.2 Å². The Balaban J connectivity index is 2.75. The molecule has 13 heavy (non-hydrogen) atoms. The second-order valence-electron chi connectivity index (χ2n) is 2.81. The van der Waals surface area contributed by atoms with Gasteiger partial charge in [-0.1, -0.05) is 0 Å². The molecule has 5 nitrogen and oxygen atoms in total. The Morgan fingerprint density at radius 3 is 2.62 bits per heavy atom. The van der Waals surface area contributed by atoms with Gasteiger partial charge in [0.1, 0.15) is 0 Å². The third-order valence-electron chi connectivity index (χ3n) is 1.74. The Morgan fingerprint density at radius 2 is 2.23 bits per heavy atom. The number of ketones is 1. The van der Waals surface area contributed by atoms with Crippen LogP contribution in [-0.2, 0) is 23.1 Å². The van der Waals surface area contributed by atoms with Crippen LogP contribution >= 0.6 is 0 Å². The van der Waals surface area contributed by atoms with Crippen molar-refractivity contribution in [3.05, 3.63) is 17.5 Å². The van der Waals surface area contributed by atoms with E-state index in [9.17, 15) is 9.59 Å². The summed E-state index contributed by atoms with van der Waals surface area (Å²) in [6.45, 7) is 1.84. The van der Waals surface area contributed by atoms with E-state index in [-0.39, 0.29) is 6.42 Å². The molecule has 0 atom stereocenters.